The number of amides is 2. The minimum Gasteiger partial charge on any atom is -0.480 e. The average Bonchev–Trinajstić information content (AvgIpc) is 2.69. The Morgan fingerprint density at radius 3 is 2.45 bits per heavy atom. The number of nitrogens with one attached hydrogen (secondary N) is 1. The van der Waals surface area contributed by atoms with Gasteiger partial charge in [-0.05, 0) is 35.2 Å². The number of benzene rings is 2. The first kappa shape index (κ1) is 21.9. The van der Waals surface area contributed by atoms with Crippen LogP contribution in [0.4, 0.5) is 0 Å². The fourth-order valence-corrected chi connectivity index (χ4v) is 3.04. The molecular weight excluding hydrogens is 370 g/mol. The normalized spacial score (nSPS) is 11.7. The molecule has 0 saturated carbocycles. The molecule has 0 aromatic heterocycles. The number of hydrogen-bond donors (Lipinski definition) is 2. The summed E-state index contributed by atoms with van der Waals surface area (Å²) in [6.07, 6.45) is 0.595. The summed E-state index contributed by atoms with van der Waals surface area (Å²) in [5.74, 6) is -2.23. The molecule has 2 rings (SSSR count). The predicted molar refractivity (Wildman–Crippen MR) is 109 cm³/mol. The Labute approximate surface area is 169 Å². The Hall–Kier alpha value is -3.40. The lowest BCUT2D eigenvalue weighted by Crippen LogP contribution is -2.52. The molecule has 7 nitrogen and oxygen atoms in total. The lowest BCUT2D eigenvalue weighted by atomic mass is 10.0. The summed E-state index contributed by atoms with van der Waals surface area (Å²) in [7, 11) is 0. The van der Waals surface area contributed by atoms with Gasteiger partial charge in [-0.25, -0.2) is 0 Å². The van der Waals surface area contributed by atoms with E-state index in [4.69, 9.17) is 10.4 Å². The molecule has 0 bridgehead atoms. The molecule has 0 fully saturated rings. The molecule has 29 heavy (non-hydrogen) atoms. The quantitative estimate of drug-likeness (QED) is 0.634. The van der Waals surface area contributed by atoms with Gasteiger partial charge in [-0.3, -0.25) is 14.4 Å². The first-order valence-corrected chi connectivity index (χ1v) is 9.50. The van der Waals surface area contributed by atoms with Gasteiger partial charge in [0.1, 0.15) is 12.6 Å². The van der Waals surface area contributed by atoms with E-state index in [1.165, 1.54) is 4.90 Å². The standard InChI is InChI=1S/C22H25N3O4/c1-15(2)20(22(29)25(14-19(26)27)12-6-5-11-23)24-21(28)18-10-9-16-7-3-4-8-17(16)13-18/h3-4,7-10,13,15,20H,5-6,12,14H2,1-2H3,(H,24,28)(H,26,27)/t20-/m0/s1. The van der Waals surface area contributed by atoms with Crippen LogP contribution >= 0.6 is 0 Å². The van der Waals surface area contributed by atoms with Gasteiger partial charge < -0.3 is 15.3 Å². The van der Waals surface area contributed by atoms with Crippen LogP contribution in [0.1, 0.15) is 37.0 Å². The van der Waals surface area contributed by atoms with Crippen molar-refractivity contribution < 1.29 is 19.5 Å². The summed E-state index contributed by atoms with van der Waals surface area (Å²) < 4.78 is 0. The Morgan fingerprint density at radius 2 is 1.83 bits per heavy atom. The second-order valence-electron chi connectivity index (χ2n) is 7.17. The van der Waals surface area contributed by atoms with E-state index in [1.807, 2.05) is 36.4 Å². The molecule has 2 N–H and O–H groups in total. The number of rotatable bonds is 9. The number of carbonyl (C=O) groups is 3. The topological polar surface area (TPSA) is 111 Å². The van der Waals surface area contributed by atoms with Crippen LogP contribution in [0.2, 0.25) is 0 Å². The summed E-state index contributed by atoms with van der Waals surface area (Å²) in [5.41, 5.74) is 0.427. The summed E-state index contributed by atoms with van der Waals surface area (Å²) in [6.45, 7) is 3.25. The van der Waals surface area contributed by atoms with Crippen molar-refractivity contribution in [3.05, 3.63) is 48.0 Å². The molecule has 2 aromatic carbocycles. The van der Waals surface area contributed by atoms with E-state index < -0.39 is 30.4 Å². The lowest BCUT2D eigenvalue weighted by Gasteiger charge is -2.28. The Bertz CT molecular complexity index is 933. The molecule has 7 heteroatoms. The zero-order valence-electron chi connectivity index (χ0n) is 16.6. The molecule has 2 amide bonds. The largest absolute Gasteiger partial charge is 0.480 e. The molecule has 0 unspecified atom stereocenters. The SMILES string of the molecule is CC(C)[C@H](NC(=O)c1ccc2ccccc2c1)C(=O)N(CCCC#N)CC(=O)O. The van der Waals surface area contributed by atoms with Gasteiger partial charge in [-0.2, -0.15) is 5.26 Å². The van der Waals surface area contributed by atoms with Gasteiger partial charge in [0.05, 0.1) is 6.07 Å². The number of carbonyl (C=O) groups excluding carboxylic acids is 2. The van der Waals surface area contributed by atoms with Crippen molar-refractivity contribution in [2.24, 2.45) is 5.92 Å². The minimum absolute atomic E-state index is 0.147. The van der Waals surface area contributed by atoms with Crippen molar-refractivity contribution in [2.45, 2.75) is 32.7 Å². The maximum absolute atomic E-state index is 13.0. The monoisotopic (exact) mass is 395 g/mol. The first-order valence-electron chi connectivity index (χ1n) is 9.50. The summed E-state index contributed by atoms with van der Waals surface area (Å²) in [4.78, 5) is 38.1. The zero-order valence-corrected chi connectivity index (χ0v) is 16.6. The number of hydrogen-bond acceptors (Lipinski definition) is 4. The molecule has 0 saturated heterocycles. The molecule has 0 spiro atoms. The smallest absolute Gasteiger partial charge is 0.323 e. The summed E-state index contributed by atoms with van der Waals surface area (Å²) in [5, 5.41) is 22.5. The van der Waals surface area contributed by atoms with E-state index in [2.05, 4.69) is 5.32 Å². The molecule has 2 aromatic rings. The van der Waals surface area contributed by atoms with Gasteiger partial charge in [0.2, 0.25) is 5.91 Å². The summed E-state index contributed by atoms with van der Waals surface area (Å²) >= 11 is 0. The van der Waals surface area contributed by atoms with Crippen molar-refractivity contribution in [1.82, 2.24) is 10.2 Å². The van der Waals surface area contributed by atoms with Crippen molar-refractivity contribution in [2.75, 3.05) is 13.1 Å². The van der Waals surface area contributed by atoms with E-state index in [0.717, 1.165) is 10.8 Å². The number of unbranched alkanes of at least 4 members (excludes halogenated alkanes) is 1. The van der Waals surface area contributed by atoms with Gasteiger partial charge in [0.25, 0.3) is 5.91 Å². The van der Waals surface area contributed by atoms with E-state index in [9.17, 15) is 14.4 Å². The van der Waals surface area contributed by atoms with Crippen molar-refractivity contribution in [3.63, 3.8) is 0 Å². The second-order valence-corrected chi connectivity index (χ2v) is 7.17. The van der Waals surface area contributed by atoms with E-state index >= 15 is 0 Å². The molecular formula is C22H25N3O4. The Kier molecular flexibility index (Phi) is 7.72. The van der Waals surface area contributed by atoms with Crippen molar-refractivity contribution in [3.8, 4) is 6.07 Å². The second kappa shape index (κ2) is 10.2. The highest BCUT2D eigenvalue weighted by Crippen LogP contribution is 2.16. The highest BCUT2D eigenvalue weighted by Gasteiger charge is 2.29. The third-order valence-corrected chi connectivity index (χ3v) is 4.59. The van der Waals surface area contributed by atoms with Crippen molar-refractivity contribution >= 4 is 28.6 Å². The van der Waals surface area contributed by atoms with Crippen LogP contribution in [-0.4, -0.2) is 46.9 Å². The first-order chi connectivity index (χ1) is 13.8. The molecule has 0 heterocycles. The number of aliphatic carboxylic acids is 1. The van der Waals surface area contributed by atoms with Gasteiger partial charge >= 0.3 is 5.97 Å². The highest BCUT2D eigenvalue weighted by atomic mass is 16.4. The maximum atomic E-state index is 13.0. The number of nitrogens with zero attached hydrogens (tertiary/aromatic N) is 2. The molecule has 0 radical (unpaired) electrons. The number of carboxylic acids is 1. The molecule has 1 atom stereocenters. The highest BCUT2D eigenvalue weighted by molar-refractivity contribution is 6.01. The zero-order chi connectivity index (χ0) is 21.4. The lowest BCUT2D eigenvalue weighted by molar-refractivity contribution is -0.145. The van der Waals surface area contributed by atoms with Crippen LogP contribution in [0, 0.1) is 17.2 Å². The Morgan fingerprint density at radius 1 is 1.14 bits per heavy atom. The molecule has 0 aliphatic heterocycles. The van der Waals surface area contributed by atoms with Crippen LogP contribution in [0.15, 0.2) is 42.5 Å². The van der Waals surface area contributed by atoms with Crippen LogP contribution in [-0.2, 0) is 9.59 Å². The van der Waals surface area contributed by atoms with Gasteiger partial charge in [0.15, 0.2) is 0 Å². The average molecular weight is 395 g/mol. The van der Waals surface area contributed by atoms with Crippen LogP contribution in [0.5, 0.6) is 0 Å². The maximum Gasteiger partial charge on any atom is 0.323 e. The van der Waals surface area contributed by atoms with Crippen LogP contribution in [0.3, 0.4) is 0 Å². The van der Waals surface area contributed by atoms with Crippen LogP contribution < -0.4 is 5.32 Å². The molecule has 152 valence electrons. The Balaban J connectivity index is 2.19. The third-order valence-electron chi connectivity index (χ3n) is 4.59. The number of nitriles is 1. The van der Waals surface area contributed by atoms with Gasteiger partial charge in [-0.15, -0.1) is 0 Å². The minimum atomic E-state index is -1.14. The van der Waals surface area contributed by atoms with Gasteiger partial charge in [0, 0.05) is 18.5 Å². The predicted octanol–water partition coefficient (Wildman–Crippen LogP) is 2.81. The van der Waals surface area contributed by atoms with Gasteiger partial charge in [-0.1, -0.05) is 44.2 Å². The molecule has 0 aliphatic carbocycles. The number of fused-ring (bicyclic) bond motifs is 1. The van der Waals surface area contributed by atoms with E-state index in [-0.39, 0.29) is 18.9 Å². The molecule has 0 aliphatic rings. The fraction of sp³-hybridized carbons (Fsp3) is 0.364. The van der Waals surface area contributed by atoms with E-state index in [0.29, 0.717) is 12.0 Å². The van der Waals surface area contributed by atoms with Crippen molar-refractivity contribution in [1.29, 1.82) is 5.26 Å². The fourth-order valence-electron chi connectivity index (χ4n) is 3.04. The number of carboxylic acid groups (broad SMARTS) is 1. The third kappa shape index (κ3) is 6.04. The van der Waals surface area contributed by atoms with E-state index in [1.54, 1.807) is 26.0 Å². The summed E-state index contributed by atoms with van der Waals surface area (Å²) in [6, 6.07) is 14.1. The van der Waals surface area contributed by atoms with Crippen LogP contribution in [0.25, 0.3) is 10.8 Å².